The molecule has 18 heavy (non-hydrogen) atoms. The van der Waals surface area contributed by atoms with Crippen molar-refractivity contribution in [3.63, 3.8) is 0 Å². The summed E-state index contributed by atoms with van der Waals surface area (Å²) < 4.78 is 26.2. The number of rotatable bonds is 3. The zero-order chi connectivity index (χ0) is 13.2. The molecule has 8 heteroatoms. The summed E-state index contributed by atoms with van der Waals surface area (Å²) >= 11 is 5.55. The van der Waals surface area contributed by atoms with Crippen molar-refractivity contribution in [1.29, 1.82) is 0 Å². The van der Waals surface area contributed by atoms with Crippen LogP contribution in [0.2, 0.25) is 5.15 Å². The van der Waals surface area contributed by atoms with Crippen LogP contribution in [0.25, 0.3) is 0 Å². The quantitative estimate of drug-likeness (QED) is 0.833. The molecule has 1 heterocycles. The van der Waals surface area contributed by atoms with Crippen molar-refractivity contribution >= 4 is 33.1 Å². The van der Waals surface area contributed by atoms with E-state index >= 15 is 0 Å². The van der Waals surface area contributed by atoms with E-state index in [-0.39, 0.29) is 15.9 Å². The first-order valence-corrected chi connectivity index (χ1v) is 6.71. The Morgan fingerprint density at radius 2 is 1.94 bits per heavy atom. The summed E-state index contributed by atoms with van der Waals surface area (Å²) in [6.07, 6.45) is 0. The number of aromatic nitrogens is 2. The number of hydrogen-bond acceptors (Lipinski definition) is 5. The van der Waals surface area contributed by atoms with E-state index in [4.69, 9.17) is 17.3 Å². The van der Waals surface area contributed by atoms with Crippen LogP contribution in [0.3, 0.4) is 0 Å². The van der Waals surface area contributed by atoms with Crippen molar-refractivity contribution in [1.82, 2.24) is 10.2 Å². The van der Waals surface area contributed by atoms with Gasteiger partial charge in [-0.3, -0.25) is 4.72 Å². The summed E-state index contributed by atoms with van der Waals surface area (Å²) in [5.74, 6) is 0.0850. The fraction of sp³-hybridized carbons (Fsp3) is 0. The van der Waals surface area contributed by atoms with Gasteiger partial charge in [0.15, 0.2) is 11.0 Å². The zero-order valence-corrected chi connectivity index (χ0v) is 10.6. The molecule has 0 fully saturated rings. The van der Waals surface area contributed by atoms with E-state index in [1.54, 1.807) is 12.1 Å². The molecular formula is C10H9ClN4O2S. The van der Waals surface area contributed by atoms with Crippen molar-refractivity contribution in [3.8, 4) is 0 Å². The maximum absolute atomic E-state index is 12.0. The number of anilines is 2. The highest BCUT2D eigenvalue weighted by atomic mass is 35.5. The Kier molecular flexibility index (Phi) is 3.35. The summed E-state index contributed by atoms with van der Waals surface area (Å²) in [6.45, 7) is 0. The minimum absolute atomic E-state index is 0.0549. The summed E-state index contributed by atoms with van der Waals surface area (Å²) in [5, 5.41) is 7.33. The van der Waals surface area contributed by atoms with Gasteiger partial charge in [0.2, 0.25) is 0 Å². The van der Waals surface area contributed by atoms with Crippen molar-refractivity contribution in [2.75, 3.05) is 10.5 Å². The second-order valence-electron chi connectivity index (χ2n) is 3.42. The average Bonchev–Trinajstić information content (AvgIpc) is 2.32. The standard InChI is InChI=1S/C10H9ClN4O2S/c11-9-4-5-10(14-13-9)15-18(16,17)8-3-1-2-7(12)6-8/h1-6H,12H2,(H,14,15). The van der Waals surface area contributed by atoms with E-state index < -0.39 is 10.0 Å². The first kappa shape index (κ1) is 12.6. The van der Waals surface area contributed by atoms with Gasteiger partial charge in [-0.25, -0.2) is 8.42 Å². The fourth-order valence-corrected chi connectivity index (χ4v) is 2.40. The number of nitrogens with two attached hydrogens (primary N) is 1. The van der Waals surface area contributed by atoms with Crippen LogP contribution in [0.1, 0.15) is 0 Å². The summed E-state index contributed by atoms with van der Waals surface area (Å²) in [4.78, 5) is 0.0549. The number of benzene rings is 1. The van der Waals surface area contributed by atoms with E-state index in [9.17, 15) is 8.42 Å². The molecule has 0 aliphatic heterocycles. The molecule has 0 saturated heterocycles. The Hall–Kier alpha value is -1.86. The molecule has 0 spiro atoms. The number of sulfonamides is 1. The van der Waals surface area contributed by atoms with Crippen LogP contribution in [0, 0.1) is 0 Å². The van der Waals surface area contributed by atoms with Gasteiger partial charge in [-0.05, 0) is 30.3 Å². The minimum Gasteiger partial charge on any atom is -0.399 e. The average molecular weight is 285 g/mol. The largest absolute Gasteiger partial charge is 0.399 e. The highest BCUT2D eigenvalue weighted by Crippen LogP contribution is 2.16. The summed E-state index contributed by atoms with van der Waals surface area (Å²) in [5.41, 5.74) is 5.89. The number of nitrogen functional groups attached to an aromatic ring is 1. The van der Waals surface area contributed by atoms with Crippen molar-refractivity contribution in [2.45, 2.75) is 4.90 Å². The van der Waals surface area contributed by atoms with Crippen molar-refractivity contribution in [2.24, 2.45) is 0 Å². The smallest absolute Gasteiger partial charge is 0.263 e. The maximum atomic E-state index is 12.0. The molecule has 2 aromatic rings. The van der Waals surface area contributed by atoms with Crippen LogP contribution < -0.4 is 10.5 Å². The Morgan fingerprint density at radius 3 is 2.56 bits per heavy atom. The van der Waals surface area contributed by atoms with Crippen LogP contribution in [0.4, 0.5) is 11.5 Å². The SMILES string of the molecule is Nc1cccc(S(=O)(=O)Nc2ccc(Cl)nn2)c1. The number of halogens is 1. The lowest BCUT2D eigenvalue weighted by molar-refractivity contribution is 0.601. The van der Waals surface area contributed by atoms with E-state index in [1.807, 2.05) is 0 Å². The Labute approximate surface area is 109 Å². The summed E-state index contributed by atoms with van der Waals surface area (Å²) in [7, 11) is -3.72. The van der Waals surface area contributed by atoms with Crippen molar-refractivity contribution in [3.05, 3.63) is 41.6 Å². The molecule has 0 unspecified atom stereocenters. The third-order valence-electron chi connectivity index (χ3n) is 2.04. The van der Waals surface area contributed by atoms with E-state index in [0.29, 0.717) is 5.69 Å². The van der Waals surface area contributed by atoms with Gasteiger partial charge in [-0.15, -0.1) is 10.2 Å². The molecular weight excluding hydrogens is 276 g/mol. The molecule has 0 atom stereocenters. The Morgan fingerprint density at radius 1 is 1.17 bits per heavy atom. The second kappa shape index (κ2) is 4.79. The zero-order valence-electron chi connectivity index (χ0n) is 9.04. The van der Waals surface area contributed by atoms with Gasteiger partial charge < -0.3 is 5.73 Å². The predicted molar refractivity (Wildman–Crippen MR) is 68.7 cm³/mol. The van der Waals surface area contributed by atoms with E-state index in [1.165, 1.54) is 24.3 Å². The van der Waals surface area contributed by atoms with Gasteiger partial charge in [0.05, 0.1) is 4.90 Å². The van der Waals surface area contributed by atoms with Crippen LogP contribution in [0.15, 0.2) is 41.3 Å². The highest BCUT2D eigenvalue weighted by molar-refractivity contribution is 7.92. The molecule has 2 rings (SSSR count). The van der Waals surface area contributed by atoms with E-state index in [0.717, 1.165) is 0 Å². The van der Waals surface area contributed by atoms with Gasteiger partial charge >= 0.3 is 0 Å². The molecule has 94 valence electrons. The molecule has 0 aliphatic carbocycles. The lowest BCUT2D eigenvalue weighted by Crippen LogP contribution is -2.14. The maximum Gasteiger partial charge on any atom is 0.263 e. The van der Waals surface area contributed by atoms with Gasteiger partial charge in [-0.1, -0.05) is 17.7 Å². The molecule has 3 N–H and O–H groups in total. The van der Waals surface area contributed by atoms with Crippen molar-refractivity contribution < 1.29 is 8.42 Å². The number of nitrogens with one attached hydrogen (secondary N) is 1. The highest BCUT2D eigenvalue weighted by Gasteiger charge is 2.15. The minimum atomic E-state index is -3.72. The third-order valence-corrected chi connectivity index (χ3v) is 3.59. The molecule has 0 aliphatic rings. The number of nitrogens with zero attached hydrogens (tertiary/aromatic N) is 2. The predicted octanol–water partition coefficient (Wildman–Crippen LogP) is 1.51. The molecule has 0 bridgehead atoms. The van der Waals surface area contributed by atoms with Crippen LogP contribution in [-0.4, -0.2) is 18.6 Å². The second-order valence-corrected chi connectivity index (χ2v) is 5.49. The molecule has 0 saturated carbocycles. The van der Waals surface area contributed by atoms with Gasteiger partial charge in [0.1, 0.15) is 0 Å². The monoisotopic (exact) mass is 284 g/mol. The molecule has 6 nitrogen and oxygen atoms in total. The van der Waals surface area contributed by atoms with Crippen LogP contribution in [0.5, 0.6) is 0 Å². The van der Waals surface area contributed by atoms with Gasteiger partial charge in [0.25, 0.3) is 10.0 Å². The van der Waals surface area contributed by atoms with Gasteiger partial charge in [-0.2, -0.15) is 0 Å². The van der Waals surface area contributed by atoms with Gasteiger partial charge in [0, 0.05) is 5.69 Å². The van der Waals surface area contributed by atoms with Crippen LogP contribution in [-0.2, 0) is 10.0 Å². The molecule has 1 aromatic carbocycles. The molecule has 1 aromatic heterocycles. The first-order valence-electron chi connectivity index (χ1n) is 4.85. The fourth-order valence-electron chi connectivity index (χ4n) is 1.25. The number of hydrogen-bond donors (Lipinski definition) is 2. The first-order chi connectivity index (χ1) is 8.47. The Balaban J connectivity index is 2.30. The third kappa shape index (κ3) is 2.88. The van der Waals surface area contributed by atoms with E-state index in [2.05, 4.69) is 14.9 Å². The topological polar surface area (TPSA) is 98.0 Å². The normalized spacial score (nSPS) is 11.2. The molecule has 0 radical (unpaired) electrons. The lowest BCUT2D eigenvalue weighted by atomic mass is 10.3. The molecule has 0 amide bonds. The lowest BCUT2D eigenvalue weighted by Gasteiger charge is -2.07. The summed E-state index contributed by atoms with van der Waals surface area (Å²) in [6, 6.07) is 8.79. The Bertz CT molecular complexity index is 658. The van der Waals surface area contributed by atoms with Crippen LogP contribution >= 0.6 is 11.6 Å².